The Kier molecular flexibility index (Phi) is 17.1. The quantitative estimate of drug-likeness (QED) is 0.0255. The standard InChI is InChI=1S/C62H88N4O12/c1-9-42(36-67)78-52(75-8)37-77-51(70)22-16-21-50(69)63-39(5)54(71)76-29-15-14-20-49(68)62(74)56-61(26-28-66-27-17-25-60(11-3,55(61)66)57(62)72)46-32-45(38(4)30-48(46)65(56)7)58(6)33-41-31-40(34-59(73,10-2)35-41)23-24-44-43-18-12-13-19-47(43)64-53(44)58/h12-13,17-19,25,30,32,39-42,52,55-57,64,67,72-74H,9-11,14-16,20-24,26-29,31,33-37H2,1-8H3,(H,63,69)/t39?,40-,41-,42?,52?,55?,56?,57+,58+,59?,60+,61+,62-/m0/s1. The molecule has 1 saturated heterocycles. The second-order valence-electron chi connectivity index (χ2n) is 24.4. The molecule has 13 atom stereocenters. The minimum Gasteiger partial charge on any atom is -0.464 e. The number of likely N-dealkylation sites (N-methyl/N-ethyl adjacent to an activating group) is 1. The number of nitrogens with zero attached hydrogens (tertiary/aromatic N) is 2. The number of nitrogens with one attached hydrogen (secondary N) is 2. The molecule has 4 heterocycles. The van der Waals surface area contributed by atoms with E-state index in [1.165, 1.54) is 36.2 Å². The third-order valence-corrected chi connectivity index (χ3v) is 19.8. The molecule has 78 heavy (non-hydrogen) atoms. The van der Waals surface area contributed by atoms with Gasteiger partial charge in [-0.1, -0.05) is 57.2 Å². The van der Waals surface area contributed by atoms with Crippen LogP contribution < -0.4 is 10.2 Å². The Morgan fingerprint density at radius 2 is 1.71 bits per heavy atom. The van der Waals surface area contributed by atoms with Crippen molar-refractivity contribution in [2.24, 2.45) is 17.3 Å². The van der Waals surface area contributed by atoms with E-state index in [9.17, 15) is 34.8 Å². The number of aryl methyl sites for hydroxylation is 2. The number of amides is 1. The van der Waals surface area contributed by atoms with Crippen LogP contribution in [0.5, 0.6) is 0 Å². The number of ether oxygens (including phenoxy) is 4. The van der Waals surface area contributed by atoms with Crippen LogP contribution in [0.4, 0.5) is 5.69 Å². The SMILES string of the molecule is CCC(CO)OC(COC(=O)CCCC(=O)NC(C)C(=O)OCCCCC(=O)[C@]1(O)C2N(C)c3cc(C)c([C@@]4(C)C[C@@H]5C[C@H](CCc6c4[nH]c4ccccc64)CC(O)(CC)C5)cc3[C@@]23CCN2CC=C[C@](CC)(C23)[C@H]1O)OC. The van der Waals surface area contributed by atoms with Gasteiger partial charge in [0.05, 0.1) is 31.0 Å². The van der Waals surface area contributed by atoms with Gasteiger partial charge < -0.3 is 54.6 Å². The lowest BCUT2D eigenvalue weighted by atomic mass is 9.47. The molecule has 1 spiro atoms. The van der Waals surface area contributed by atoms with Gasteiger partial charge in [-0.15, -0.1) is 0 Å². The molecule has 16 nitrogen and oxygen atoms in total. The first-order valence-corrected chi connectivity index (χ1v) is 29.2. The summed E-state index contributed by atoms with van der Waals surface area (Å²) in [7, 11) is 3.40. The smallest absolute Gasteiger partial charge is 0.328 e. The summed E-state index contributed by atoms with van der Waals surface area (Å²) in [4.78, 5) is 61.8. The number of benzene rings is 2. The lowest BCUT2D eigenvalue weighted by Crippen LogP contribution is -2.80. The summed E-state index contributed by atoms with van der Waals surface area (Å²) in [6, 6.07) is 11.5. The van der Waals surface area contributed by atoms with Gasteiger partial charge in [-0.3, -0.25) is 19.3 Å². The van der Waals surface area contributed by atoms with Crippen molar-refractivity contribution in [2.45, 2.75) is 203 Å². The molecule has 6 aliphatic rings. The molecule has 9 rings (SSSR count). The van der Waals surface area contributed by atoms with Gasteiger partial charge in [-0.2, -0.15) is 0 Å². The zero-order chi connectivity index (χ0) is 56.0. The molecule has 3 aromatic rings. The molecular formula is C62H88N4O12. The van der Waals surface area contributed by atoms with Crippen LogP contribution in [0, 0.1) is 24.2 Å². The first-order chi connectivity index (χ1) is 37.3. The fourth-order valence-electron chi connectivity index (χ4n) is 16.1. The number of ketones is 1. The maximum Gasteiger partial charge on any atom is 0.328 e. The van der Waals surface area contributed by atoms with Gasteiger partial charge in [0.1, 0.15) is 18.8 Å². The average Bonchev–Trinajstić information content (AvgIpc) is 3.45. The Bertz CT molecular complexity index is 2720. The van der Waals surface area contributed by atoms with Crippen molar-refractivity contribution < 1.29 is 58.6 Å². The fourth-order valence-corrected chi connectivity index (χ4v) is 16.1. The van der Waals surface area contributed by atoms with Gasteiger partial charge >= 0.3 is 11.9 Å². The number of methoxy groups -OCH3 is 1. The number of aromatic amines is 1. The predicted octanol–water partition coefficient (Wildman–Crippen LogP) is 7.14. The summed E-state index contributed by atoms with van der Waals surface area (Å²) in [5.41, 5.74) is 3.19. The number of rotatable bonds is 22. The third-order valence-electron chi connectivity index (χ3n) is 19.8. The molecular weight excluding hydrogens is 993 g/mol. The van der Waals surface area contributed by atoms with Crippen molar-refractivity contribution in [3.8, 4) is 0 Å². The lowest BCUT2D eigenvalue weighted by Gasteiger charge is -2.63. The molecule has 3 aliphatic heterocycles. The highest BCUT2D eigenvalue weighted by atomic mass is 16.7. The number of hydrogen-bond acceptors (Lipinski definition) is 14. The normalized spacial score (nSPS) is 32.2. The van der Waals surface area contributed by atoms with E-state index in [-0.39, 0.29) is 51.5 Å². The Labute approximate surface area is 461 Å². The number of anilines is 1. The van der Waals surface area contributed by atoms with E-state index in [0.29, 0.717) is 50.5 Å². The molecule has 3 aliphatic carbocycles. The summed E-state index contributed by atoms with van der Waals surface area (Å²) in [5.74, 6) is -1.32. The van der Waals surface area contributed by atoms with Crippen LogP contribution >= 0.6 is 0 Å². The molecule has 2 bridgehead atoms. The van der Waals surface area contributed by atoms with Crippen LogP contribution in [-0.4, -0.2) is 149 Å². The van der Waals surface area contributed by atoms with E-state index in [1.807, 2.05) is 14.0 Å². The summed E-state index contributed by atoms with van der Waals surface area (Å²) in [5, 5.41) is 51.8. The van der Waals surface area contributed by atoms with E-state index in [1.54, 1.807) is 0 Å². The number of aliphatic hydroxyl groups excluding tert-OH is 2. The van der Waals surface area contributed by atoms with E-state index in [4.69, 9.17) is 18.9 Å². The first-order valence-electron chi connectivity index (χ1n) is 29.2. The van der Waals surface area contributed by atoms with E-state index in [2.05, 4.69) is 96.3 Å². The average molecular weight is 1080 g/mol. The summed E-state index contributed by atoms with van der Waals surface area (Å²) in [6.45, 7) is 13.3. The highest BCUT2D eigenvalue weighted by Crippen LogP contribution is 2.67. The van der Waals surface area contributed by atoms with Crippen molar-refractivity contribution >= 4 is 40.2 Å². The van der Waals surface area contributed by atoms with Crippen LogP contribution in [-0.2, 0) is 55.4 Å². The lowest BCUT2D eigenvalue weighted by molar-refractivity contribution is -0.202. The number of aromatic nitrogens is 1. The van der Waals surface area contributed by atoms with Gasteiger partial charge in [0, 0.05) is 84.5 Å². The van der Waals surface area contributed by atoms with E-state index >= 15 is 4.79 Å². The molecule has 3 fully saturated rings. The molecule has 1 amide bonds. The summed E-state index contributed by atoms with van der Waals surface area (Å²) >= 11 is 0. The topological polar surface area (TPSA) is 220 Å². The van der Waals surface area contributed by atoms with Gasteiger partial charge in [0.15, 0.2) is 17.7 Å². The Morgan fingerprint density at radius 3 is 2.44 bits per heavy atom. The monoisotopic (exact) mass is 1080 g/mol. The third kappa shape index (κ3) is 10.2. The van der Waals surface area contributed by atoms with Crippen molar-refractivity contribution in [2.75, 3.05) is 52.0 Å². The van der Waals surface area contributed by atoms with Crippen LogP contribution in [0.3, 0.4) is 0 Å². The Hall–Kier alpha value is -4.68. The second kappa shape index (κ2) is 23.1. The number of aliphatic hydroxyl groups is 4. The van der Waals surface area contributed by atoms with Crippen molar-refractivity contribution in [3.63, 3.8) is 0 Å². The maximum absolute atomic E-state index is 15.2. The van der Waals surface area contributed by atoms with Gasteiger partial charge in [-0.25, -0.2) is 4.79 Å². The van der Waals surface area contributed by atoms with Gasteiger partial charge in [-0.05, 0) is 157 Å². The predicted molar refractivity (Wildman–Crippen MR) is 297 cm³/mol. The summed E-state index contributed by atoms with van der Waals surface area (Å²) in [6.07, 6.45) is 10.2. The molecule has 6 unspecified atom stereocenters. The molecule has 16 heteroatoms. The molecule has 428 valence electrons. The second-order valence-corrected chi connectivity index (χ2v) is 24.4. The van der Waals surface area contributed by atoms with Gasteiger partial charge in [0.2, 0.25) is 5.91 Å². The Morgan fingerprint density at radius 1 is 0.936 bits per heavy atom. The molecule has 2 saturated carbocycles. The molecule has 0 radical (unpaired) electrons. The minimum absolute atomic E-state index is 0.0157. The number of carbonyl (C=O) groups is 4. The van der Waals surface area contributed by atoms with Crippen LogP contribution in [0.2, 0.25) is 0 Å². The first kappa shape index (κ1) is 58.0. The minimum atomic E-state index is -2.16. The number of hydrogen-bond donors (Lipinski definition) is 6. The highest BCUT2D eigenvalue weighted by molar-refractivity contribution is 5.92. The number of fused-ring (bicyclic) bond motifs is 6. The maximum atomic E-state index is 15.2. The Balaban J connectivity index is 0.915. The molecule has 2 aromatic carbocycles. The number of para-hydroxylation sites is 1. The fraction of sp³-hybridized carbons (Fsp3) is 0.677. The number of H-pyrrole nitrogens is 1. The highest BCUT2D eigenvalue weighted by Gasteiger charge is 2.78. The van der Waals surface area contributed by atoms with Crippen molar-refractivity contribution in [1.29, 1.82) is 0 Å². The zero-order valence-electron chi connectivity index (χ0n) is 47.5. The number of Topliss-reactive ketones (excluding diaryl/α,β-unsaturated/α-hetero) is 1. The van der Waals surface area contributed by atoms with Gasteiger partial charge in [0.25, 0.3) is 0 Å². The van der Waals surface area contributed by atoms with Crippen molar-refractivity contribution in [3.05, 3.63) is 76.5 Å². The molecule has 1 aromatic heterocycles. The van der Waals surface area contributed by atoms with Crippen molar-refractivity contribution in [1.82, 2.24) is 15.2 Å². The van der Waals surface area contributed by atoms with Crippen LogP contribution in [0.1, 0.15) is 159 Å². The van der Waals surface area contributed by atoms with E-state index in [0.717, 1.165) is 73.8 Å². The van der Waals surface area contributed by atoms with Crippen LogP contribution in [0.25, 0.3) is 10.9 Å². The number of esters is 2. The largest absolute Gasteiger partial charge is 0.464 e. The van der Waals surface area contributed by atoms with Crippen LogP contribution in [0.15, 0.2) is 48.6 Å². The molecule has 6 N–H and O–H groups in total. The van der Waals surface area contributed by atoms with E-state index < -0.39 is 81.7 Å². The number of carbonyl (C=O) groups excluding carboxylic acids is 4. The number of unbranched alkanes of at least 4 members (excludes halogenated alkanes) is 1. The summed E-state index contributed by atoms with van der Waals surface area (Å²) < 4.78 is 21.5. The zero-order valence-corrected chi connectivity index (χ0v) is 47.5.